The molecule has 0 aromatic heterocycles. The summed E-state index contributed by atoms with van der Waals surface area (Å²) in [6, 6.07) is 0. The van der Waals surface area contributed by atoms with Crippen molar-refractivity contribution in [2.24, 2.45) is 0 Å². The zero-order chi connectivity index (χ0) is 8.81. The van der Waals surface area contributed by atoms with Gasteiger partial charge in [-0.1, -0.05) is 12.2 Å². The Kier molecular flexibility index (Phi) is 3.80. The van der Waals surface area contributed by atoms with E-state index in [1.54, 1.807) is 6.08 Å². The van der Waals surface area contributed by atoms with Crippen molar-refractivity contribution in [2.75, 3.05) is 19.6 Å². The number of hydrogen-bond acceptors (Lipinski definition) is 2. The summed E-state index contributed by atoms with van der Waals surface area (Å²) in [5.74, 6) is -0.757. The van der Waals surface area contributed by atoms with Crippen molar-refractivity contribution in [3.05, 3.63) is 12.2 Å². The Morgan fingerprint density at radius 2 is 2.00 bits per heavy atom. The first-order valence-corrected chi connectivity index (χ1v) is 4.38. The summed E-state index contributed by atoms with van der Waals surface area (Å²) >= 11 is 0. The van der Waals surface area contributed by atoms with Crippen LogP contribution >= 0.6 is 0 Å². The van der Waals surface area contributed by atoms with Crippen LogP contribution in [0.5, 0.6) is 0 Å². The van der Waals surface area contributed by atoms with E-state index < -0.39 is 5.97 Å². The lowest BCUT2D eigenvalue weighted by molar-refractivity contribution is -0.136. The largest absolute Gasteiger partial charge is 0.481 e. The Bertz CT molecular complexity index is 171. The number of carboxylic acids is 1. The molecule has 1 rings (SSSR count). The van der Waals surface area contributed by atoms with Gasteiger partial charge in [0.1, 0.15) is 0 Å². The molecule has 0 aliphatic carbocycles. The van der Waals surface area contributed by atoms with E-state index in [1.165, 1.54) is 12.8 Å². The van der Waals surface area contributed by atoms with Gasteiger partial charge in [0, 0.05) is 6.54 Å². The Balaban J connectivity index is 2.07. The highest BCUT2D eigenvalue weighted by molar-refractivity contribution is 5.68. The van der Waals surface area contributed by atoms with E-state index in [4.69, 9.17) is 5.11 Å². The Morgan fingerprint density at radius 1 is 1.33 bits per heavy atom. The third kappa shape index (κ3) is 3.53. The maximum Gasteiger partial charge on any atom is 0.307 e. The van der Waals surface area contributed by atoms with Gasteiger partial charge in [-0.3, -0.25) is 9.69 Å². The standard InChI is InChI=1S/C9H15NO2/c11-9(12)5-1-2-6-10-7-3-4-8-10/h1-2H,3-8H2,(H,11,12)/b2-1+. The SMILES string of the molecule is O=C(O)C/C=C/CN1CCCC1. The summed E-state index contributed by atoms with van der Waals surface area (Å²) in [5, 5.41) is 8.34. The topological polar surface area (TPSA) is 40.5 Å². The van der Waals surface area contributed by atoms with Crippen molar-refractivity contribution in [3.8, 4) is 0 Å². The predicted octanol–water partition coefficient (Wildman–Crippen LogP) is 1.11. The molecule has 0 aromatic rings. The van der Waals surface area contributed by atoms with Gasteiger partial charge in [0.2, 0.25) is 0 Å². The molecule has 0 aromatic carbocycles. The molecule has 1 fully saturated rings. The van der Waals surface area contributed by atoms with Crippen molar-refractivity contribution in [1.82, 2.24) is 4.90 Å². The minimum absolute atomic E-state index is 0.147. The van der Waals surface area contributed by atoms with Gasteiger partial charge < -0.3 is 5.11 Å². The molecule has 1 saturated heterocycles. The Labute approximate surface area is 72.7 Å². The molecule has 0 saturated carbocycles. The molecular weight excluding hydrogens is 154 g/mol. The van der Waals surface area contributed by atoms with Crippen molar-refractivity contribution < 1.29 is 9.90 Å². The molecule has 1 aliphatic rings. The van der Waals surface area contributed by atoms with Gasteiger partial charge in [-0.25, -0.2) is 0 Å². The molecule has 1 heterocycles. The molecule has 0 bridgehead atoms. The monoisotopic (exact) mass is 169 g/mol. The van der Waals surface area contributed by atoms with E-state index in [2.05, 4.69) is 4.90 Å². The van der Waals surface area contributed by atoms with E-state index in [0.717, 1.165) is 19.6 Å². The first-order chi connectivity index (χ1) is 5.79. The van der Waals surface area contributed by atoms with Crippen LogP contribution in [0.2, 0.25) is 0 Å². The third-order valence-electron chi connectivity index (χ3n) is 2.02. The molecule has 0 amide bonds. The van der Waals surface area contributed by atoms with Gasteiger partial charge in [-0.15, -0.1) is 0 Å². The van der Waals surface area contributed by atoms with E-state index in [9.17, 15) is 4.79 Å². The van der Waals surface area contributed by atoms with Crippen molar-refractivity contribution in [3.63, 3.8) is 0 Å². The first kappa shape index (κ1) is 9.26. The molecule has 12 heavy (non-hydrogen) atoms. The van der Waals surface area contributed by atoms with Crippen molar-refractivity contribution >= 4 is 5.97 Å². The molecule has 0 spiro atoms. The molecule has 3 nitrogen and oxygen atoms in total. The lowest BCUT2D eigenvalue weighted by Gasteiger charge is -2.09. The fourth-order valence-corrected chi connectivity index (χ4v) is 1.37. The molecule has 68 valence electrons. The highest BCUT2D eigenvalue weighted by Gasteiger charge is 2.08. The van der Waals surface area contributed by atoms with Crippen LogP contribution in [0, 0.1) is 0 Å². The average Bonchev–Trinajstić information content (AvgIpc) is 2.49. The second kappa shape index (κ2) is 4.93. The number of nitrogens with zero attached hydrogens (tertiary/aromatic N) is 1. The Hall–Kier alpha value is -0.830. The van der Waals surface area contributed by atoms with Gasteiger partial charge in [0.15, 0.2) is 0 Å². The molecule has 1 N–H and O–H groups in total. The summed E-state index contributed by atoms with van der Waals surface area (Å²) in [5.41, 5.74) is 0. The highest BCUT2D eigenvalue weighted by atomic mass is 16.4. The van der Waals surface area contributed by atoms with Crippen molar-refractivity contribution in [2.45, 2.75) is 19.3 Å². The van der Waals surface area contributed by atoms with Crippen LogP contribution in [-0.2, 0) is 4.79 Å². The number of rotatable bonds is 4. The Morgan fingerprint density at radius 3 is 2.58 bits per heavy atom. The number of likely N-dealkylation sites (tertiary alicyclic amines) is 1. The second-order valence-electron chi connectivity index (χ2n) is 3.08. The van der Waals surface area contributed by atoms with Gasteiger partial charge in [0.05, 0.1) is 6.42 Å². The van der Waals surface area contributed by atoms with Crippen LogP contribution < -0.4 is 0 Å². The van der Waals surface area contributed by atoms with Crippen LogP contribution in [-0.4, -0.2) is 35.6 Å². The number of hydrogen-bond donors (Lipinski definition) is 1. The van der Waals surface area contributed by atoms with Gasteiger partial charge in [-0.05, 0) is 25.9 Å². The van der Waals surface area contributed by atoms with Crippen LogP contribution in [0.4, 0.5) is 0 Å². The van der Waals surface area contributed by atoms with Gasteiger partial charge in [-0.2, -0.15) is 0 Å². The van der Waals surface area contributed by atoms with E-state index in [-0.39, 0.29) is 6.42 Å². The molecular formula is C9H15NO2. The molecule has 0 radical (unpaired) electrons. The fourth-order valence-electron chi connectivity index (χ4n) is 1.37. The smallest absolute Gasteiger partial charge is 0.307 e. The summed E-state index contributed by atoms with van der Waals surface area (Å²) < 4.78 is 0. The maximum atomic E-state index is 10.1. The lowest BCUT2D eigenvalue weighted by atomic mass is 10.3. The van der Waals surface area contributed by atoms with Crippen LogP contribution in [0.15, 0.2) is 12.2 Å². The average molecular weight is 169 g/mol. The normalized spacial score (nSPS) is 19.0. The summed E-state index contributed by atoms with van der Waals surface area (Å²) in [4.78, 5) is 12.5. The minimum Gasteiger partial charge on any atom is -0.481 e. The summed E-state index contributed by atoms with van der Waals surface area (Å²) in [6.07, 6.45) is 6.38. The highest BCUT2D eigenvalue weighted by Crippen LogP contribution is 2.06. The number of aliphatic carboxylic acids is 1. The van der Waals surface area contributed by atoms with Crippen LogP contribution in [0.25, 0.3) is 0 Å². The zero-order valence-corrected chi connectivity index (χ0v) is 7.20. The summed E-state index contributed by atoms with van der Waals surface area (Å²) in [6.45, 7) is 3.24. The lowest BCUT2D eigenvalue weighted by Crippen LogP contribution is -2.18. The molecule has 0 atom stereocenters. The van der Waals surface area contributed by atoms with Gasteiger partial charge >= 0.3 is 5.97 Å². The van der Waals surface area contributed by atoms with Gasteiger partial charge in [0.25, 0.3) is 0 Å². The quantitative estimate of drug-likeness (QED) is 0.641. The first-order valence-electron chi connectivity index (χ1n) is 4.38. The third-order valence-corrected chi connectivity index (χ3v) is 2.02. The fraction of sp³-hybridized carbons (Fsp3) is 0.667. The molecule has 0 unspecified atom stereocenters. The molecule has 1 aliphatic heterocycles. The number of carboxylic acid groups (broad SMARTS) is 1. The maximum absolute atomic E-state index is 10.1. The van der Waals surface area contributed by atoms with E-state index in [1.807, 2.05) is 6.08 Å². The summed E-state index contributed by atoms with van der Waals surface area (Å²) in [7, 11) is 0. The van der Waals surface area contributed by atoms with Crippen LogP contribution in [0.1, 0.15) is 19.3 Å². The van der Waals surface area contributed by atoms with Crippen molar-refractivity contribution in [1.29, 1.82) is 0 Å². The van der Waals surface area contributed by atoms with E-state index >= 15 is 0 Å². The number of carbonyl (C=O) groups is 1. The second-order valence-corrected chi connectivity index (χ2v) is 3.08. The molecule has 3 heteroatoms. The van der Waals surface area contributed by atoms with Crippen LogP contribution in [0.3, 0.4) is 0 Å². The minimum atomic E-state index is -0.757. The zero-order valence-electron chi connectivity index (χ0n) is 7.20. The predicted molar refractivity (Wildman–Crippen MR) is 47.1 cm³/mol. The van der Waals surface area contributed by atoms with E-state index in [0.29, 0.717) is 0 Å².